The van der Waals surface area contributed by atoms with Gasteiger partial charge in [0.2, 0.25) is 0 Å². The molecule has 3 nitrogen and oxygen atoms in total. The molecule has 1 N–H and O–H groups in total. The molecule has 0 saturated carbocycles. The van der Waals surface area contributed by atoms with Crippen molar-refractivity contribution in [2.45, 2.75) is 13.5 Å². The molecule has 4 heteroatoms. The molecule has 0 radical (unpaired) electrons. The smallest absolute Gasteiger partial charge is 0.0571 e. The molecule has 16 heavy (non-hydrogen) atoms. The average Bonchev–Trinajstić information content (AvgIpc) is 2.67. The summed E-state index contributed by atoms with van der Waals surface area (Å²) in [5.74, 6) is 0. The molecular formula is C12H14BrN3. The fourth-order valence-electron chi connectivity index (χ4n) is 1.56. The van der Waals surface area contributed by atoms with Crippen molar-refractivity contribution in [1.82, 2.24) is 9.78 Å². The van der Waals surface area contributed by atoms with Crippen LogP contribution in [0.1, 0.15) is 11.3 Å². The molecule has 0 bridgehead atoms. The normalized spacial score (nSPS) is 10.4. The molecule has 84 valence electrons. The molecule has 0 atom stereocenters. The summed E-state index contributed by atoms with van der Waals surface area (Å²) in [7, 11) is 1.95. The number of anilines is 1. The fraction of sp³-hybridized carbons (Fsp3) is 0.250. The van der Waals surface area contributed by atoms with Gasteiger partial charge in [-0.1, -0.05) is 22.0 Å². The lowest BCUT2D eigenvalue weighted by atomic mass is 10.2. The van der Waals surface area contributed by atoms with Crippen molar-refractivity contribution in [3.8, 4) is 0 Å². The standard InChI is InChI=1S/C12H14BrN3/c1-9-11(13)4-3-5-12(9)14-8-10-6-7-15-16(10)2/h3-7,14H,8H2,1-2H3. The van der Waals surface area contributed by atoms with Gasteiger partial charge in [0.15, 0.2) is 0 Å². The first-order valence-corrected chi connectivity index (χ1v) is 5.93. The summed E-state index contributed by atoms with van der Waals surface area (Å²) < 4.78 is 3.00. The highest BCUT2D eigenvalue weighted by molar-refractivity contribution is 9.10. The average molecular weight is 280 g/mol. The van der Waals surface area contributed by atoms with Gasteiger partial charge in [0, 0.05) is 23.4 Å². The Morgan fingerprint density at radius 2 is 2.19 bits per heavy atom. The minimum Gasteiger partial charge on any atom is -0.379 e. The van der Waals surface area contributed by atoms with Crippen LogP contribution in [0.4, 0.5) is 5.69 Å². The first kappa shape index (κ1) is 11.2. The summed E-state index contributed by atoms with van der Waals surface area (Å²) >= 11 is 3.52. The second-order valence-corrected chi connectivity index (χ2v) is 4.57. The largest absolute Gasteiger partial charge is 0.379 e. The molecule has 2 rings (SSSR count). The molecule has 1 aromatic heterocycles. The summed E-state index contributed by atoms with van der Waals surface area (Å²) in [6, 6.07) is 8.17. The first-order valence-electron chi connectivity index (χ1n) is 5.14. The third kappa shape index (κ3) is 2.27. The van der Waals surface area contributed by atoms with Gasteiger partial charge >= 0.3 is 0 Å². The zero-order valence-electron chi connectivity index (χ0n) is 9.37. The van der Waals surface area contributed by atoms with Gasteiger partial charge in [0.05, 0.1) is 12.2 Å². The van der Waals surface area contributed by atoms with E-state index < -0.39 is 0 Å². The summed E-state index contributed by atoms with van der Waals surface area (Å²) in [5, 5.41) is 7.54. The summed E-state index contributed by atoms with van der Waals surface area (Å²) in [6.07, 6.45) is 1.81. The number of hydrogen-bond acceptors (Lipinski definition) is 2. The van der Waals surface area contributed by atoms with Crippen LogP contribution < -0.4 is 5.32 Å². The maximum Gasteiger partial charge on any atom is 0.0571 e. The molecule has 0 aliphatic rings. The molecule has 0 amide bonds. The van der Waals surface area contributed by atoms with Gasteiger partial charge in [0.1, 0.15) is 0 Å². The molecule has 0 unspecified atom stereocenters. The van der Waals surface area contributed by atoms with Crippen LogP contribution in [-0.4, -0.2) is 9.78 Å². The Morgan fingerprint density at radius 1 is 1.38 bits per heavy atom. The van der Waals surface area contributed by atoms with E-state index >= 15 is 0 Å². The molecular weight excluding hydrogens is 266 g/mol. The number of nitrogens with zero attached hydrogens (tertiary/aromatic N) is 2. The fourth-order valence-corrected chi connectivity index (χ4v) is 1.93. The Bertz CT molecular complexity index is 491. The maximum atomic E-state index is 4.14. The van der Waals surface area contributed by atoms with Gasteiger partial charge in [0.25, 0.3) is 0 Å². The van der Waals surface area contributed by atoms with Crippen LogP contribution in [0.3, 0.4) is 0 Å². The SMILES string of the molecule is Cc1c(Br)cccc1NCc1ccnn1C. The molecule has 0 fully saturated rings. The van der Waals surface area contributed by atoms with Gasteiger partial charge in [-0.05, 0) is 30.7 Å². The van der Waals surface area contributed by atoms with Crippen LogP contribution in [-0.2, 0) is 13.6 Å². The van der Waals surface area contributed by atoms with Gasteiger partial charge in [-0.2, -0.15) is 5.10 Å². The lowest BCUT2D eigenvalue weighted by Crippen LogP contribution is -2.06. The van der Waals surface area contributed by atoms with E-state index in [9.17, 15) is 0 Å². The van der Waals surface area contributed by atoms with Gasteiger partial charge in [-0.25, -0.2) is 0 Å². The number of aromatic nitrogens is 2. The number of benzene rings is 1. The summed E-state index contributed by atoms with van der Waals surface area (Å²) in [4.78, 5) is 0. The predicted molar refractivity (Wildman–Crippen MR) is 69.4 cm³/mol. The zero-order valence-corrected chi connectivity index (χ0v) is 11.0. The predicted octanol–water partition coefficient (Wildman–Crippen LogP) is 3.10. The number of aryl methyl sites for hydroxylation is 1. The molecule has 0 aliphatic heterocycles. The van der Waals surface area contributed by atoms with Crippen molar-refractivity contribution >= 4 is 21.6 Å². The highest BCUT2D eigenvalue weighted by Crippen LogP contribution is 2.23. The van der Waals surface area contributed by atoms with Crippen molar-refractivity contribution in [2.24, 2.45) is 7.05 Å². The van der Waals surface area contributed by atoms with Gasteiger partial charge in [-0.3, -0.25) is 4.68 Å². The van der Waals surface area contributed by atoms with Crippen molar-refractivity contribution in [3.05, 3.63) is 46.2 Å². The third-order valence-electron chi connectivity index (χ3n) is 2.65. The van der Waals surface area contributed by atoms with E-state index in [1.54, 1.807) is 0 Å². The second kappa shape index (κ2) is 4.70. The van der Waals surface area contributed by atoms with Crippen molar-refractivity contribution in [1.29, 1.82) is 0 Å². The third-order valence-corrected chi connectivity index (χ3v) is 3.51. The van der Waals surface area contributed by atoms with E-state index in [2.05, 4.69) is 39.3 Å². The van der Waals surface area contributed by atoms with Crippen molar-refractivity contribution in [2.75, 3.05) is 5.32 Å². The Morgan fingerprint density at radius 3 is 2.88 bits per heavy atom. The van der Waals surface area contributed by atoms with Crippen LogP contribution in [0, 0.1) is 6.92 Å². The van der Waals surface area contributed by atoms with Crippen LogP contribution in [0.5, 0.6) is 0 Å². The molecule has 1 aromatic carbocycles. The molecule has 0 aliphatic carbocycles. The highest BCUT2D eigenvalue weighted by Gasteiger charge is 2.02. The molecule has 0 saturated heterocycles. The Balaban J connectivity index is 2.11. The Labute approximate surface area is 104 Å². The number of hydrogen-bond donors (Lipinski definition) is 1. The molecule has 1 heterocycles. The first-order chi connectivity index (χ1) is 7.68. The maximum absolute atomic E-state index is 4.14. The lowest BCUT2D eigenvalue weighted by molar-refractivity contribution is 0.720. The quantitative estimate of drug-likeness (QED) is 0.936. The minimum absolute atomic E-state index is 0.786. The van der Waals surface area contributed by atoms with Gasteiger partial charge < -0.3 is 5.32 Å². The van der Waals surface area contributed by atoms with Crippen molar-refractivity contribution in [3.63, 3.8) is 0 Å². The highest BCUT2D eigenvalue weighted by atomic mass is 79.9. The van der Waals surface area contributed by atoms with E-state index in [-0.39, 0.29) is 0 Å². The summed E-state index contributed by atoms with van der Waals surface area (Å²) in [5.41, 5.74) is 3.54. The Hall–Kier alpha value is -1.29. The monoisotopic (exact) mass is 279 g/mol. The van der Waals surface area contributed by atoms with E-state index in [0.29, 0.717) is 0 Å². The van der Waals surface area contributed by atoms with E-state index in [1.807, 2.05) is 36.1 Å². The van der Waals surface area contributed by atoms with E-state index in [0.717, 1.165) is 16.7 Å². The number of rotatable bonds is 3. The van der Waals surface area contributed by atoms with Crippen LogP contribution in [0.2, 0.25) is 0 Å². The van der Waals surface area contributed by atoms with Crippen LogP contribution >= 0.6 is 15.9 Å². The van der Waals surface area contributed by atoms with E-state index in [4.69, 9.17) is 0 Å². The van der Waals surface area contributed by atoms with Crippen molar-refractivity contribution < 1.29 is 0 Å². The molecule has 2 aromatic rings. The lowest BCUT2D eigenvalue weighted by Gasteiger charge is -2.10. The zero-order chi connectivity index (χ0) is 11.5. The Kier molecular flexibility index (Phi) is 3.29. The second-order valence-electron chi connectivity index (χ2n) is 3.71. The minimum atomic E-state index is 0.786. The topological polar surface area (TPSA) is 29.9 Å². The van der Waals surface area contributed by atoms with Crippen LogP contribution in [0.15, 0.2) is 34.9 Å². The molecule has 0 spiro atoms. The number of nitrogens with one attached hydrogen (secondary N) is 1. The van der Waals surface area contributed by atoms with Gasteiger partial charge in [-0.15, -0.1) is 0 Å². The number of halogens is 1. The van der Waals surface area contributed by atoms with Crippen LogP contribution in [0.25, 0.3) is 0 Å². The van der Waals surface area contributed by atoms with E-state index in [1.165, 1.54) is 11.3 Å². The summed E-state index contributed by atoms with van der Waals surface area (Å²) in [6.45, 7) is 2.88.